The monoisotopic (exact) mass is 371 g/mol. The fourth-order valence-electron chi connectivity index (χ4n) is 3.23. The maximum absolute atomic E-state index is 5.69. The van der Waals surface area contributed by atoms with Gasteiger partial charge in [-0.25, -0.2) is 0 Å². The molecule has 0 aromatic heterocycles. The molecule has 5 heteroatoms. The van der Waals surface area contributed by atoms with Gasteiger partial charge in [-0.3, -0.25) is 10.2 Å². The van der Waals surface area contributed by atoms with Crippen molar-refractivity contribution in [1.82, 2.24) is 10.2 Å². The van der Waals surface area contributed by atoms with Crippen LogP contribution in [0.4, 0.5) is 5.69 Å². The van der Waals surface area contributed by atoms with E-state index in [-0.39, 0.29) is 0 Å². The summed E-state index contributed by atoms with van der Waals surface area (Å²) >= 11 is 1.75. The molecule has 2 N–H and O–H groups in total. The lowest BCUT2D eigenvalue weighted by molar-refractivity contribution is 0.105. The Hall–Kier alpha value is -1.53. The Morgan fingerprint density at radius 1 is 1.04 bits per heavy atom. The first-order valence-electron chi connectivity index (χ1n) is 9.29. The van der Waals surface area contributed by atoms with E-state index in [0.29, 0.717) is 19.5 Å². The van der Waals surface area contributed by atoms with Crippen molar-refractivity contribution in [3.8, 4) is 0 Å². The van der Waals surface area contributed by atoms with Crippen LogP contribution in [0.1, 0.15) is 18.4 Å². The van der Waals surface area contributed by atoms with Gasteiger partial charge in [-0.15, -0.1) is 11.8 Å². The first kappa shape index (κ1) is 19.2. The van der Waals surface area contributed by atoms with Crippen molar-refractivity contribution in [1.29, 1.82) is 0 Å². The Balaban J connectivity index is 1.27. The molecule has 1 aliphatic rings. The Morgan fingerprint density at radius 3 is 2.62 bits per heavy atom. The molecular weight excluding hydrogens is 342 g/mol. The number of ether oxygens (including phenoxy) is 1. The van der Waals surface area contributed by atoms with Crippen molar-refractivity contribution >= 4 is 17.4 Å². The lowest BCUT2D eigenvalue weighted by Crippen LogP contribution is -2.43. The van der Waals surface area contributed by atoms with Crippen LogP contribution >= 0.6 is 11.8 Å². The summed E-state index contributed by atoms with van der Waals surface area (Å²) in [7, 11) is 0. The summed E-state index contributed by atoms with van der Waals surface area (Å²) in [5.41, 5.74) is 2.50. The van der Waals surface area contributed by atoms with Crippen molar-refractivity contribution in [2.75, 3.05) is 38.1 Å². The quantitative estimate of drug-likeness (QED) is 0.396. The van der Waals surface area contributed by atoms with E-state index < -0.39 is 0 Å². The zero-order valence-electron chi connectivity index (χ0n) is 15.5. The van der Waals surface area contributed by atoms with Crippen LogP contribution in [0, 0.1) is 0 Å². The molecule has 0 aliphatic carbocycles. The van der Waals surface area contributed by atoms with Crippen LogP contribution in [0.2, 0.25) is 0 Å². The van der Waals surface area contributed by atoms with E-state index in [4.69, 9.17) is 4.74 Å². The summed E-state index contributed by atoms with van der Waals surface area (Å²) in [6.45, 7) is 4.47. The van der Waals surface area contributed by atoms with E-state index in [9.17, 15) is 0 Å². The molecule has 2 aromatic carbocycles. The normalized spacial score (nSPS) is 15.9. The number of hydrogen-bond acceptors (Lipinski definition) is 5. The SMILES string of the molecule is CSc1cccc(NCOCNC2CCN(Cc3ccccc3)CC2)c1. The van der Waals surface area contributed by atoms with Crippen molar-refractivity contribution in [2.24, 2.45) is 0 Å². The number of thioether (sulfide) groups is 1. The molecule has 1 heterocycles. The predicted molar refractivity (Wildman–Crippen MR) is 111 cm³/mol. The lowest BCUT2D eigenvalue weighted by Gasteiger charge is -2.32. The summed E-state index contributed by atoms with van der Waals surface area (Å²) in [5.74, 6) is 0. The molecule has 4 nitrogen and oxygen atoms in total. The first-order valence-corrected chi connectivity index (χ1v) is 10.5. The van der Waals surface area contributed by atoms with E-state index in [1.807, 2.05) is 0 Å². The molecule has 0 unspecified atom stereocenters. The van der Waals surface area contributed by atoms with Gasteiger partial charge >= 0.3 is 0 Å². The number of nitrogens with zero attached hydrogens (tertiary/aromatic N) is 1. The van der Waals surface area contributed by atoms with Crippen molar-refractivity contribution < 1.29 is 4.74 Å². The minimum atomic E-state index is 0.525. The number of benzene rings is 2. The van der Waals surface area contributed by atoms with Crippen LogP contribution in [0.15, 0.2) is 59.5 Å². The molecule has 3 rings (SSSR count). The molecule has 140 valence electrons. The number of hydrogen-bond donors (Lipinski definition) is 2. The number of rotatable bonds is 9. The van der Waals surface area contributed by atoms with Gasteiger partial charge in [-0.2, -0.15) is 0 Å². The molecule has 0 bridgehead atoms. The number of piperidine rings is 1. The van der Waals surface area contributed by atoms with Gasteiger partial charge < -0.3 is 10.1 Å². The number of likely N-dealkylation sites (tertiary alicyclic amines) is 1. The van der Waals surface area contributed by atoms with Gasteiger partial charge in [-0.05, 0) is 55.9 Å². The van der Waals surface area contributed by atoms with Crippen molar-refractivity contribution in [3.05, 3.63) is 60.2 Å². The largest absolute Gasteiger partial charge is 0.363 e. The zero-order valence-corrected chi connectivity index (χ0v) is 16.3. The van der Waals surface area contributed by atoms with E-state index in [2.05, 4.69) is 76.4 Å². The predicted octanol–water partition coefficient (Wildman–Crippen LogP) is 4.01. The zero-order chi connectivity index (χ0) is 18.0. The molecule has 2 aromatic rings. The molecule has 0 radical (unpaired) electrons. The minimum Gasteiger partial charge on any atom is -0.363 e. The van der Waals surface area contributed by atoms with Crippen LogP contribution in [0.25, 0.3) is 0 Å². The van der Waals surface area contributed by atoms with Gasteiger partial charge in [0, 0.05) is 23.2 Å². The van der Waals surface area contributed by atoms with Gasteiger partial charge in [-0.1, -0.05) is 36.4 Å². The Morgan fingerprint density at radius 2 is 1.85 bits per heavy atom. The topological polar surface area (TPSA) is 36.5 Å². The van der Waals surface area contributed by atoms with E-state index in [1.54, 1.807) is 11.8 Å². The molecule has 0 spiro atoms. The van der Waals surface area contributed by atoms with Gasteiger partial charge in [0.15, 0.2) is 0 Å². The smallest absolute Gasteiger partial charge is 0.118 e. The summed E-state index contributed by atoms with van der Waals surface area (Å²) < 4.78 is 5.69. The first-order chi connectivity index (χ1) is 12.8. The number of nitrogens with one attached hydrogen (secondary N) is 2. The molecule has 1 saturated heterocycles. The van der Waals surface area contributed by atoms with E-state index in [1.165, 1.54) is 23.3 Å². The van der Waals surface area contributed by atoms with Crippen molar-refractivity contribution in [3.63, 3.8) is 0 Å². The molecule has 0 amide bonds. The fourth-order valence-corrected chi connectivity index (χ4v) is 3.69. The molecule has 1 aliphatic heterocycles. The molecule has 0 saturated carbocycles. The maximum Gasteiger partial charge on any atom is 0.118 e. The van der Waals surface area contributed by atoms with Crippen LogP contribution in [0.3, 0.4) is 0 Å². The summed E-state index contributed by atoms with van der Waals surface area (Å²) in [5, 5.41) is 6.83. The average molecular weight is 372 g/mol. The van der Waals surface area contributed by atoms with Crippen LogP contribution in [0.5, 0.6) is 0 Å². The highest BCUT2D eigenvalue weighted by Crippen LogP contribution is 2.18. The molecular formula is C21H29N3OS. The lowest BCUT2D eigenvalue weighted by atomic mass is 10.0. The molecule has 1 fully saturated rings. The maximum atomic E-state index is 5.69. The van der Waals surface area contributed by atoms with Gasteiger partial charge in [0.2, 0.25) is 0 Å². The van der Waals surface area contributed by atoms with Gasteiger partial charge in [0.05, 0.1) is 6.73 Å². The highest BCUT2D eigenvalue weighted by Gasteiger charge is 2.18. The highest BCUT2D eigenvalue weighted by atomic mass is 32.2. The van der Waals surface area contributed by atoms with E-state index >= 15 is 0 Å². The second-order valence-corrected chi connectivity index (χ2v) is 7.52. The Kier molecular flexibility index (Phi) is 7.83. The van der Waals surface area contributed by atoms with Crippen LogP contribution in [-0.2, 0) is 11.3 Å². The Bertz CT molecular complexity index is 645. The van der Waals surface area contributed by atoms with Gasteiger partial charge in [0.1, 0.15) is 6.73 Å². The highest BCUT2D eigenvalue weighted by molar-refractivity contribution is 7.98. The third-order valence-corrected chi connectivity index (χ3v) is 5.48. The van der Waals surface area contributed by atoms with Gasteiger partial charge in [0.25, 0.3) is 0 Å². The summed E-state index contributed by atoms with van der Waals surface area (Å²) in [6, 6.07) is 19.7. The van der Waals surface area contributed by atoms with Crippen molar-refractivity contribution in [2.45, 2.75) is 30.3 Å². The second-order valence-electron chi connectivity index (χ2n) is 6.64. The van der Waals surface area contributed by atoms with E-state index in [0.717, 1.165) is 25.3 Å². The summed E-state index contributed by atoms with van der Waals surface area (Å²) in [6.07, 6.45) is 4.45. The van der Waals surface area contributed by atoms with Crippen LogP contribution in [-0.4, -0.2) is 43.7 Å². The second kappa shape index (κ2) is 10.6. The Labute approximate surface area is 161 Å². The number of anilines is 1. The van der Waals surface area contributed by atoms with Crippen LogP contribution < -0.4 is 10.6 Å². The summed E-state index contributed by atoms with van der Waals surface area (Å²) in [4.78, 5) is 3.80. The average Bonchev–Trinajstić information content (AvgIpc) is 2.70. The third kappa shape index (κ3) is 6.32. The fraction of sp³-hybridized carbons (Fsp3) is 0.429. The minimum absolute atomic E-state index is 0.525. The molecule has 0 atom stereocenters. The standard InChI is InChI=1S/C21H29N3OS/c1-26-21-9-5-8-20(14-21)23-17-25-16-22-19-10-12-24(13-11-19)15-18-6-3-2-4-7-18/h2-9,14,19,22-23H,10-13,15-17H2,1H3. The third-order valence-electron chi connectivity index (χ3n) is 4.76. The molecule has 26 heavy (non-hydrogen) atoms.